The van der Waals surface area contributed by atoms with Gasteiger partial charge < -0.3 is 19.5 Å². The van der Waals surface area contributed by atoms with E-state index in [-0.39, 0.29) is 36.0 Å². The van der Waals surface area contributed by atoms with E-state index in [0.29, 0.717) is 24.5 Å². The number of benzene rings is 1. The SMILES string of the molecule is O=C(NC1CC(c2nc(CO)no2)C1)c1cc(-c2ccccc2)on1. The quantitative estimate of drug-likeness (QED) is 0.729. The highest BCUT2D eigenvalue weighted by atomic mass is 16.5. The number of aliphatic hydroxyl groups excluding tert-OH is 1. The van der Waals surface area contributed by atoms with Crippen molar-refractivity contribution in [3.8, 4) is 11.3 Å². The third-order valence-corrected chi connectivity index (χ3v) is 4.25. The van der Waals surface area contributed by atoms with Gasteiger partial charge in [0.1, 0.15) is 6.61 Å². The Morgan fingerprint density at radius 1 is 1.20 bits per heavy atom. The second kappa shape index (κ2) is 6.48. The Balaban J connectivity index is 1.34. The van der Waals surface area contributed by atoms with Crippen molar-refractivity contribution in [3.05, 3.63) is 53.8 Å². The number of aliphatic hydroxyl groups is 1. The van der Waals surface area contributed by atoms with Crippen molar-refractivity contribution in [2.24, 2.45) is 0 Å². The summed E-state index contributed by atoms with van der Waals surface area (Å²) in [7, 11) is 0. The molecule has 1 fully saturated rings. The zero-order valence-corrected chi connectivity index (χ0v) is 13.3. The summed E-state index contributed by atoms with van der Waals surface area (Å²) in [4.78, 5) is 16.4. The van der Waals surface area contributed by atoms with E-state index in [1.54, 1.807) is 6.07 Å². The molecule has 2 aromatic heterocycles. The van der Waals surface area contributed by atoms with Crippen LogP contribution in [0.4, 0.5) is 0 Å². The van der Waals surface area contributed by atoms with E-state index in [4.69, 9.17) is 14.2 Å². The van der Waals surface area contributed by atoms with Gasteiger partial charge in [0.05, 0.1) is 0 Å². The van der Waals surface area contributed by atoms with Crippen molar-refractivity contribution in [3.63, 3.8) is 0 Å². The Hall–Kier alpha value is -3.00. The number of nitrogens with zero attached hydrogens (tertiary/aromatic N) is 3. The smallest absolute Gasteiger partial charge is 0.273 e. The molecule has 1 saturated carbocycles. The molecule has 2 heterocycles. The minimum atomic E-state index is -0.268. The molecule has 0 radical (unpaired) electrons. The lowest BCUT2D eigenvalue weighted by Crippen LogP contribution is -2.43. The number of nitrogens with one attached hydrogen (secondary N) is 1. The molecule has 8 nitrogen and oxygen atoms in total. The molecule has 4 rings (SSSR count). The van der Waals surface area contributed by atoms with Crippen LogP contribution >= 0.6 is 0 Å². The third kappa shape index (κ3) is 3.16. The molecule has 0 atom stereocenters. The first-order valence-corrected chi connectivity index (χ1v) is 7.99. The molecule has 0 bridgehead atoms. The van der Waals surface area contributed by atoms with Gasteiger partial charge in [-0.2, -0.15) is 4.98 Å². The molecule has 0 saturated heterocycles. The largest absolute Gasteiger partial charge is 0.388 e. The molecule has 0 unspecified atom stereocenters. The van der Waals surface area contributed by atoms with E-state index in [0.717, 1.165) is 5.56 Å². The van der Waals surface area contributed by atoms with Crippen LogP contribution in [0.3, 0.4) is 0 Å². The van der Waals surface area contributed by atoms with E-state index in [2.05, 4.69) is 20.6 Å². The van der Waals surface area contributed by atoms with Crippen LogP contribution in [0.1, 0.15) is 41.0 Å². The average Bonchev–Trinajstić information content (AvgIpc) is 3.27. The summed E-state index contributed by atoms with van der Waals surface area (Å²) < 4.78 is 10.3. The van der Waals surface area contributed by atoms with Crippen molar-refractivity contribution in [2.45, 2.75) is 31.4 Å². The highest BCUT2D eigenvalue weighted by molar-refractivity contribution is 5.93. The maximum Gasteiger partial charge on any atom is 0.273 e. The van der Waals surface area contributed by atoms with E-state index in [1.807, 2.05) is 30.3 Å². The summed E-state index contributed by atoms with van der Waals surface area (Å²) >= 11 is 0. The van der Waals surface area contributed by atoms with Crippen LogP contribution in [0.5, 0.6) is 0 Å². The van der Waals surface area contributed by atoms with Crippen molar-refractivity contribution in [2.75, 3.05) is 0 Å². The molecule has 128 valence electrons. The number of hydrogen-bond acceptors (Lipinski definition) is 7. The Kier molecular flexibility index (Phi) is 4.02. The van der Waals surface area contributed by atoms with Gasteiger partial charge in [-0.3, -0.25) is 4.79 Å². The van der Waals surface area contributed by atoms with Gasteiger partial charge in [-0.05, 0) is 12.8 Å². The van der Waals surface area contributed by atoms with E-state index < -0.39 is 0 Å². The number of carbonyl (C=O) groups is 1. The average molecular weight is 340 g/mol. The second-order valence-electron chi connectivity index (χ2n) is 5.99. The van der Waals surface area contributed by atoms with Gasteiger partial charge in [0.15, 0.2) is 17.3 Å². The zero-order valence-electron chi connectivity index (χ0n) is 13.3. The lowest BCUT2D eigenvalue weighted by molar-refractivity contribution is 0.0892. The van der Waals surface area contributed by atoms with Crippen LogP contribution in [0, 0.1) is 0 Å². The summed E-state index contributed by atoms with van der Waals surface area (Å²) in [6.07, 6.45) is 1.42. The van der Waals surface area contributed by atoms with E-state index >= 15 is 0 Å². The number of carbonyl (C=O) groups excluding carboxylic acids is 1. The van der Waals surface area contributed by atoms with Crippen LogP contribution in [0.15, 0.2) is 45.4 Å². The predicted molar refractivity (Wildman–Crippen MR) is 85.4 cm³/mol. The van der Waals surface area contributed by atoms with Gasteiger partial charge in [-0.25, -0.2) is 0 Å². The van der Waals surface area contributed by atoms with Crippen molar-refractivity contribution >= 4 is 5.91 Å². The molecule has 0 spiro atoms. The van der Waals surface area contributed by atoms with Crippen LogP contribution in [-0.4, -0.2) is 32.4 Å². The number of rotatable bonds is 5. The van der Waals surface area contributed by atoms with Gasteiger partial charge >= 0.3 is 0 Å². The fourth-order valence-electron chi connectivity index (χ4n) is 2.81. The van der Waals surface area contributed by atoms with Crippen molar-refractivity contribution < 1.29 is 18.9 Å². The number of aromatic nitrogens is 3. The summed E-state index contributed by atoms with van der Waals surface area (Å²) in [6.45, 7) is -0.244. The highest BCUT2D eigenvalue weighted by Gasteiger charge is 2.35. The highest BCUT2D eigenvalue weighted by Crippen LogP contribution is 2.36. The lowest BCUT2D eigenvalue weighted by Gasteiger charge is -2.32. The summed E-state index contributed by atoms with van der Waals surface area (Å²) in [6, 6.07) is 11.1. The minimum Gasteiger partial charge on any atom is -0.388 e. The van der Waals surface area contributed by atoms with Gasteiger partial charge in [-0.1, -0.05) is 40.6 Å². The molecule has 1 amide bonds. The van der Waals surface area contributed by atoms with Crippen LogP contribution in [-0.2, 0) is 6.61 Å². The van der Waals surface area contributed by atoms with Gasteiger partial charge in [-0.15, -0.1) is 0 Å². The Morgan fingerprint density at radius 2 is 2.00 bits per heavy atom. The molecule has 8 heteroatoms. The number of hydrogen-bond donors (Lipinski definition) is 2. The maximum absolute atomic E-state index is 12.3. The van der Waals surface area contributed by atoms with Gasteiger partial charge in [0.25, 0.3) is 5.91 Å². The van der Waals surface area contributed by atoms with E-state index in [9.17, 15) is 4.79 Å². The molecular formula is C17H16N4O4. The molecule has 1 aliphatic carbocycles. The van der Waals surface area contributed by atoms with Crippen LogP contribution in [0.25, 0.3) is 11.3 Å². The molecule has 1 aromatic carbocycles. The topological polar surface area (TPSA) is 114 Å². The summed E-state index contributed by atoms with van der Waals surface area (Å²) in [5, 5.41) is 19.4. The van der Waals surface area contributed by atoms with Crippen molar-refractivity contribution in [1.29, 1.82) is 0 Å². The number of amides is 1. The first-order chi connectivity index (χ1) is 12.2. The third-order valence-electron chi connectivity index (χ3n) is 4.25. The Labute approximate surface area is 142 Å². The fraction of sp³-hybridized carbons (Fsp3) is 0.294. The van der Waals surface area contributed by atoms with Crippen LogP contribution < -0.4 is 5.32 Å². The first-order valence-electron chi connectivity index (χ1n) is 7.99. The lowest BCUT2D eigenvalue weighted by atomic mass is 9.80. The fourth-order valence-corrected chi connectivity index (χ4v) is 2.81. The van der Waals surface area contributed by atoms with Crippen LogP contribution in [0.2, 0.25) is 0 Å². The molecular weight excluding hydrogens is 324 g/mol. The van der Waals surface area contributed by atoms with Gasteiger partial charge in [0.2, 0.25) is 5.89 Å². The molecule has 25 heavy (non-hydrogen) atoms. The second-order valence-corrected chi connectivity index (χ2v) is 5.99. The normalized spacial score (nSPS) is 19.4. The van der Waals surface area contributed by atoms with Gasteiger partial charge in [0, 0.05) is 23.6 Å². The minimum absolute atomic E-state index is 0.0267. The predicted octanol–water partition coefficient (Wildman–Crippen LogP) is 1.89. The Bertz CT molecular complexity index is 868. The standard InChI is InChI=1S/C17H16N4O4/c22-9-15-19-17(25-21-15)11-6-12(7-11)18-16(23)13-8-14(24-20-13)10-4-2-1-3-5-10/h1-5,8,11-12,22H,6-7,9H2,(H,18,23). The molecule has 2 N–H and O–H groups in total. The zero-order chi connectivity index (χ0) is 17.2. The molecule has 0 aliphatic heterocycles. The molecule has 1 aliphatic rings. The summed E-state index contributed by atoms with van der Waals surface area (Å²) in [5.41, 5.74) is 1.12. The summed E-state index contributed by atoms with van der Waals surface area (Å²) in [5.74, 6) is 1.17. The Morgan fingerprint density at radius 3 is 2.72 bits per heavy atom. The van der Waals surface area contributed by atoms with Crippen molar-refractivity contribution in [1.82, 2.24) is 20.6 Å². The first kappa shape index (κ1) is 15.5. The monoisotopic (exact) mass is 340 g/mol. The van der Waals surface area contributed by atoms with E-state index in [1.165, 1.54) is 0 Å². The maximum atomic E-state index is 12.3. The molecule has 3 aromatic rings.